The molecule has 0 radical (unpaired) electrons. The lowest BCUT2D eigenvalue weighted by atomic mass is 9.76. The lowest BCUT2D eigenvalue weighted by Gasteiger charge is -2.38. The lowest BCUT2D eigenvalue weighted by molar-refractivity contribution is 0.152. The number of nitrogens with zero attached hydrogens (tertiary/aromatic N) is 1. The van der Waals surface area contributed by atoms with Gasteiger partial charge in [-0.2, -0.15) is 0 Å². The first-order valence-electron chi connectivity index (χ1n) is 8.23. The van der Waals surface area contributed by atoms with E-state index < -0.39 is 0 Å². The predicted octanol–water partition coefficient (Wildman–Crippen LogP) is 3.67. The first-order chi connectivity index (χ1) is 10.1. The molecule has 0 aromatic heterocycles. The van der Waals surface area contributed by atoms with Crippen molar-refractivity contribution in [2.75, 3.05) is 20.6 Å². The maximum atomic E-state index is 13.7. The second-order valence-corrected chi connectivity index (χ2v) is 6.53. The Morgan fingerprint density at radius 1 is 1.29 bits per heavy atom. The quantitative estimate of drug-likeness (QED) is 0.860. The Kier molecular flexibility index (Phi) is 6.19. The van der Waals surface area contributed by atoms with Crippen molar-refractivity contribution >= 4 is 0 Å². The van der Waals surface area contributed by atoms with E-state index in [9.17, 15) is 4.39 Å². The first kappa shape index (κ1) is 16.4. The van der Waals surface area contributed by atoms with Gasteiger partial charge in [0.1, 0.15) is 5.82 Å². The van der Waals surface area contributed by atoms with Gasteiger partial charge < -0.3 is 10.2 Å². The standard InChI is InChI=1S/C18H29FN2/c1-4-14-9-10-18(20-2)16(11-14)13-21(3)12-15-7-5-6-8-17(15)19/h5-8,14,16,18,20H,4,9-13H2,1-3H3. The van der Waals surface area contributed by atoms with Crippen LogP contribution in [0.1, 0.15) is 38.2 Å². The highest BCUT2D eigenvalue weighted by atomic mass is 19.1. The molecule has 1 saturated carbocycles. The topological polar surface area (TPSA) is 15.3 Å². The molecule has 1 aliphatic rings. The molecular weight excluding hydrogens is 263 g/mol. The molecule has 0 spiro atoms. The molecular formula is C18H29FN2. The molecule has 3 atom stereocenters. The van der Waals surface area contributed by atoms with Crippen molar-refractivity contribution in [2.24, 2.45) is 11.8 Å². The smallest absolute Gasteiger partial charge is 0.127 e. The van der Waals surface area contributed by atoms with E-state index in [0.29, 0.717) is 18.5 Å². The fourth-order valence-corrected chi connectivity index (χ4v) is 3.70. The summed E-state index contributed by atoms with van der Waals surface area (Å²) in [7, 11) is 4.18. The van der Waals surface area contributed by atoms with E-state index in [4.69, 9.17) is 0 Å². The number of benzene rings is 1. The maximum Gasteiger partial charge on any atom is 0.127 e. The van der Waals surface area contributed by atoms with Crippen LogP contribution in [-0.2, 0) is 6.54 Å². The normalized spacial score (nSPS) is 26.2. The molecule has 0 aliphatic heterocycles. The van der Waals surface area contributed by atoms with Crippen LogP contribution >= 0.6 is 0 Å². The Labute approximate surface area is 128 Å². The summed E-state index contributed by atoms with van der Waals surface area (Å²) in [5.41, 5.74) is 0.795. The van der Waals surface area contributed by atoms with Crippen molar-refractivity contribution < 1.29 is 4.39 Å². The van der Waals surface area contributed by atoms with E-state index in [1.807, 2.05) is 12.1 Å². The Bertz CT molecular complexity index is 435. The molecule has 1 aromatic rings. The van der Waals surface area contributed by atoms with Gasteiger partial charge in [-0.05, 0) is 51.3 Å². The molecule has 1 fully saturated rings. The fraction of sp³-hybridized carbons (Fsp3) is 0.667. The number of rotatable bonds is 6. The van der Waals surface area contributed by atoms with Gasteiger partial charge >= 0.3 is 0 Å². The monoisotopic (exact) mass is 292 g/mol. The zero-order chi connectivity index (χ0) is 15.2. The van der Waals surface area contributed by atoms with Crippen LogP contribution in [0.3, 0.4) is 0 Å². The van der Waals surface area contributed by atoms with Crippen molar-refractivity contribution in [3.8, 4) is 0 Å². The molecule has 1 aromatic carbocycles. The molecule has 3 unspecified atom stereocenters. The van der Waals surface area contributed by atoms with Crippen LogP contribution in [0.4, 0.5) is 4.39 Å². The summed E-state index contributed by atoms with van der Waals surface area (Å²) in [4.78, 5) is 2.27. The van der Waals surface area contributed by atoms with Crippen LogP contribution < -0.4 is 5.32 Å². The number of halogens is 1. The highest BCUT2D eigenvalue weighted by molar-refractivity contribution is 5.17. The molecule has 0 heterocycles. The molecule has 0 saturated heterocycles. The summed E-state index contributed by atoms with van der Waals surface area (Å²) in [6.07, 6.45) is 5.19. The van der Waals surface area contributed by atoms with Crippen LogP contribution in [0.5, 0.6) is 0 Å². The molecule has 1 N–H and O–H groups in total. The van der Waals surface area contributed by atoms with E-state index in [0.717, 1.165) is 18.0 Å². The van der Waals surface area contributed by atoms with Crippen molar-refractivity contribution in [1.29, 1.82) is 0 Å². The third-order valence-electron chi connectivity index (χ3n) is 4.98. The molecule has 1 aliphatic carbocycles. The second kappa shape index (κ2) is 7.90. The summed E-state index contributed by atoms with van der Waals surface area (Å²) in [6, 6.07) is 7.71. The zero-order valence-corrected chi connectivity index (χ0v) is 13.6. The minimum atomic E-state index is -0.0930. The summed E-state index contributed by atoms with van der Waals surface area (Å²) >= 11 is 0. The largest absolute Gasteiger partial charge is 0.317 e. The van der Waals surface area contributed by atoms with Gasteiger partial charge in [-0.25, -0.2) is 4.39 Å². The average molecular weight is 292 g/mol. The zero-order valence-electron chi connectivity index (χ0n) is 13.6. The summed E-state index contributed by atoms with van der Waals surface area (Å²) in [5, 5.41) is 3.48. The fourth-order valence-electron chi connectivity index (χ4n) is 3.70. The van der Waals surface area contributed by atoms with Gasteiger partial charge in [0.2, 0.25) is 0 Å². The van der Waals surface area contributed by atoms with Gasteiger partial charge in [0.25, 0.3) is 0 Å². The predicted molar refractivity (Wildman–Crippen MR) is 86.7 cm³/mol. The van der Waals surface area contributed by atoms with Gasteiger partial charge in [-0.3, -0.25) is 0 Å². The Hall–Kier alpha value is -0.930. The van der Waals surface area contributed by atoms with E-state index in [2.05, 4.69) is 31.2 Å². The first-order valence-corrected chi connectivity index (χ1v) is 8.23. The lowest BCUT2D eigenvalue weighted by Crippen LogP contribution is -2.43. The van der Waals surface area contributed by atoms with Gasteiger partial charge in [-0.15, -0.1) is 0 Å². The molecule has 2 nitrogen and oxygen atoms in total. The molecule has 0 amide bonds. The molecule has 118 valence electrons. The number of hydrogen-bond donors (Lipinski definition) is 1. The van der Waals surface area contributed by atoms with Crippen molar-refractivity contribution in [1.82, 2.24) is 10.2 Å². The minimum Gasteiger partial charge on any atom is -0.317 e. The van der Waals surface area contributed by atoms with Crippen molar-refractivity contribution in [3.63, 3.8) is 0 Å². The summed E-state index contributed by atoms with van der Waals surface area (Å²) < 4.78 is 13.7. The third kappa shape index (κ3) is 4.52. The minimum absolute atomic E-state index is 0.0930. The number of nitrogens with one attached hydrogen (secondary N) is 1. The molecule has 3 heteroatoms. The van der Waals surface area contributed by atoms with Gasteiger partial charge in [0.05, 0.1) is 0 Å². The highest BCUT2D eigenvalue weighted by Crippen LogP contribution is 2.31. The summed E-state index contributed by atoms with van der Waals surface area (Å²) in [6.45, 7) is 4.03. The van der Waals surface area contributed by atoms with E-state index in [-0.39, 0.29) is 5.82 Å². The Morgan fingerprint density at radius 3 is 2.71 bits per heavy atom. The molecule has 21 heavy (non-hydrogen) atoms. The average Bonchev–Trinajstić information content (AvgIpc) is 2.49. The highest BCUT2D eigenvalue weighted by Gasteiger charge is 2.29. The maximum absolute atomic E-state index is 13.7. The second-order valence-electron chi connectivity index (χ2n) is 6.53. The van der Waals surface area contributed by atoms with Crippen LogP contribution in [0, 0.1) is 17.7 Å². The van der Waals surface area contributed by atoms with E-state index >= 15 is 0 Å². The van der Waals surface area contributed by atoms with Crippen LogP contribution in [0.2, 0.25) is 0 Å². The van der Waals surface area contributed by atoms with Gasteiger partial charge in [0.15, 0.2) is 0 Å². The van der Waals surface area contributed by atoms with Gasteiger partial charge in [-0.1, -0.05) is 31.5 Å². The van der Waals surface area contributed by atoms with E-state index in [1.165, 1.54) is 25.7 Å². The van der Waals surface area contributed by atoms with E-state index in [1.54, 1.807) is 12.1 Å². The van der Waals surface area contributed by atoms with Crippen molar-refractivity contribution in [2.45, 2.75) is 45.2 Å². The molecule has 0 bridgehead atoms. The Balaban J connectivity index is 1.93. The summed E-state index contributed by atoms with van der Waals surface area (Å²) in [5.74, 6) is 1.44. The van der Waals surface area contributed by atoms with Crippen LogP contribution in [-0.4, -0.2) is 31.6 Å². The Morgan fingerprint density at radius 2 is 2.05 bits per heavy atom. The van der Waals surface area contributed by atoms with Gasteiger partial charge in [0, 0.05) is 24.7 Å². The number of hydrogen-bond acceptors (Lipinski definition) is 2. The van der Waals surface area contributed by atoms with Crippen LogP contribution in [0.25, 0.3) is 0 Å². The SMILES string of the molecule is CCC1CCC(NC)C(CN(C)Cc2ccccc2F)C1. The molecule has 2 rings (SSSR count). The third-order valence-corrected chi connectivity index (χ3v) is 4.98. The van der Waals surface area contributed by atoms with Crippen LogP contribution in [0.15, 0.2) is 24.3 Å². The van der Waals surface area contributed by atoms with Crippen molar-refractivity contribution in [3.05, 3.63) is 35.6 Å².